The van der Waals surface area contributed by atoms with Crippen molar-refractivity contribution >= 4 is 0 Å². The fraction of sp³-hybridized carbons (Fsp3) is 1.00. The highest BCUT2D eigenvalue weighted by Crippen LogP contribution is 1.92. The number of unbranched alkanes of at least 4 members (excludes halogenated alkanes) is 1. The van der Waals surface area contributed by atoms with Crippen LogP contribution in [0.5, 0.6) is 0 Å². The summed E-state index contributed by atoms with van der Waals surface area (Å²) in [4.78, 5) is 0. The summed E-state index contributed by atoms with van der Waals surface area (Å²) in [6.07, 6.45) is 1.96. The second-order valence-electron chi connectivity index (χ2n) is 1.75. The lowest BCUT2D eigenvalue weighted by Gasteiger charge is -2.05. The molecule has 0 aliphatic carbocycles. The molecule has 1 unspecified atom stereocenters. The molecule has 0 aromatic rings. The van der Waals surface area contributed by atoms with Gasteiger partial charge in [0.2, 0.25) is 0 Å². The van der Waals surface area contributed by atoms with Crippen LogP contribution in [0.25, 0.3) is 0 Å². The zero-order valence-electron chi connectivity index (χ0n) is 5.92. The van der Waals surface area contributed by atoms with E-state index < -0.39 is 6.48 Å². The molecule has 0 N–H and O–H groups in total. The minimum absolute atomic E-state index is 0.499. The van der Waals surface area contributed by atoms with Gasteiger partial charge >= 0.3 is 6.48 Å². The molecule has 55 valence electrons. The van der Waals surface area contributed by atoms with Crippen LogP contribution in [-0.2, 0) is 14.6 Å². The van der Waals surface area contributed by atoms with E-state index in [0.717, 1.165) is 12.8 Å². The molecule has 0 fully saturated rings. The first-order chi connectivity index (χ1) is 4.31. The molecule has 0 saturated carbocycles. The largest absolute Gasteiger partial charge is 0.331 e. The van der Waals surface area contributed by atoms with Crippen LogP contribution in [0.2, 0.25) is 0 Å². The van der Waals surface area contributed by atoms with E-state index in [1.165, 1.54) is 7.11 Å². The van der Waals surface area contributed by atoms with Gasteiger partial charge in [-0.15, -0.1) is 0 Å². The first kappa shape index (κ1) is 8.88. The van der Waals surface area contributed by atoms with Crippen LogP contribution in [0.1, 0.15) is 19.8 Å². The summed E-state index contributed by atoms with van der Waals surface area (Å²) in [5, 5.41) is 10.3. The van der Waals surface area contributed by atoms with E-state index in [9.17, 15) is 5.11 Å². The van der Waals surface area contributed by atoms with Gasteiger partial charge in [-0.3, -0.25) is 0 Å². The molecule has 0 bridgehead atoms. The van der Waals surface area contributed by atoms with Crippen molar-refractivity contribution in [1.29, 1.82) is 0 Å². The number of rotatable bonds is 5. The molecule has 3 nitrogen and oxygen atoms in total. The fourth-order valence-electron chi connectivity index (χ4n) is 0.392. The molecule has 0 spiro atoms. The zero-order valence-corrected chi connectivity index (χ0v) is 5.92. The monoisotopic (exact) mass is 133 g/mol. The summed E-state index contributed by atoms with van der Waals surface area (Å²) in [6, 6.07) is 0. The standard InChI is InChI=1S/C6H13O3/c1-3-4-5-9-6(7)8-2/h6H,3-5H2,1-2H3. The third-order valence-corrected chi connectivity index (χ3v) is 0.944. The van der Waals surface area contributed by atoms with Crippen molar-refractivity contribution in [2.45, 2.75) is 26.2 Å². The first-order valence-electron chi connectivity index (χ1n) is 3.11. The van der Waals surface area contributed by atoms with Crippen molar-refractivity contribution in [2.75, 3.05) is 13.7 Å². The average Bonchev–Trinajstić information content (AvgIpc) is 1.89. The minimum atomic E-state index is -1.29. The van der Waals surface area contributed by atoms with Crippen molar-refractivity contribution in [2.24, 2.45) is 0 Å². The Morgan fingerprint density at radius 2 is 2.22 bits per heavy atom. The van der Waals surface area contributed by atoms with E-state index in [0.29, 0.717) is 6.61 Å². The van der Waals surface area contributed by atoms with Crippen molar-refractivity contribution in [3.8, 4) is 0 Å². The van der Waals surface area contributed by atoms with Crippen molar-refractivity contribution in [3.63, 3.8) is 0 Å². The second kappa shape index (κ2) is 6.01. The number of hydrogen-bond donors (Lipinski definition) is 0. The molecule has 0 aromatic heterocycles. The van der Waals surface area contributed by atoms with Gasteiger partial charge in [-0.1, -0.05) is 13.3 Å². The molecular weight excluding hydrogens is 120 g/mol. The Labute approximate surface area is 55.6 Å². The lowest BCUT2D eigenvalue weighted by atomic mass is 10.4. The number of methoxy groups -OCH3 is 1. The smallest absolute Gasteiger partial charge is 0.301 e. The van der Waals surface area contributed by atoms with Gasteiger partial charge in [-0.25, -0.2) is 0 Å². The number of hydrogen-bond acceptors (Lipinski definition) is 2. The quantitative estimate of drug-likeness (QED) is 0.417. The summed E-state index contributed by atoms with van der Waals surface area (Å²) in [7, 11) is 1.34. The zero-order chi connectivity index (χ0) is 7.11. The van der Waals surface area contributed by atoms with Gasteiger partial charge in [0.25, 0.3) is 0 Å². The lowest BCUT2D eigenvalue weighted by molar-refractivity contribution is -0.281. The maximum Gasteiger partial charge on any atom is 0.301 e. The van der Waals surface area contributed by atoms with Crippen LogP contribution >= 0.6 is 0 Å². The summed E-state index contributed by atoms with van der Waals surface area (Å²) in [5.41, 5.74) is 0. The van der Waals surface area contributed by atoms with Gasteiger partial charge in [0.05, 0.1) is 6.61 Å². The molecule has 0 rings (SSSR count). The highest BCUT2D eigenvalue weighted by molar-refractivity contribution is 4.29. The topological polar surface area (TPSA) is 38.4 Å². The molecule has 9 heavy (non-hydrogen) atoms. The molecule has 0 aromatic carbocycles. The van der Waals surface area contributed by atoms with Crippen molar-refractivity contribution in [1.82, 2.24) is 0 Å². The van der Waals surface area contributed by atoms with Gasteiger partial charge in [0.1, 0.15) is 0 Å². The highest BCUT2D eigenvalue weighted by atomic mass is 16.8. The van der Waals surface area contributed by atoms with Gasteiger partial charge < -0.3 is 9.47 Å². The first-order valence-corrected chi connectivity index (χ1v) is 3.11. The molecular formula is C6H13O3. The fourth-order valence-corrected chi connectivity index (χ4v) is 0.392. The minimum Gasteiger partial charge on any atom is -0.331 e. The van der Waals surface area contributed by atoms with E-state index in [1.54, 1.807) is 0 Å². The average molecular weight is 133 g/mol. The van der Waals surface area contributed by atoms with Crippen molar-refractivity contribution in [3.05, 3.63) is 0 Å². The molecule has 0 aliphatic heterocycles. The van der Waals surface area contributed by atoms with Crippen LogP contribution < -0.4 is 0 Å². The maximum absolute atomic E-state index is 10.3. The molecule has 0 saturated heterocycles. The van der Waals surface area contributed by atoms with Gasteiger partial charge in [-0.2, -0.15) is 5.11 Å². The molecule has 1 radical (unpaired) electrons. The SMILES string of the molecule is CCCCOC([O])OC. The third kappa shape index (κ3) is 5.76. The van der Waals surface area contributed by atoms with E-state index in [1.807, 2.05) is 6.92 Å². The van der Waals surface area contributed by atoms with Crippen LogP contribution in [0.4, 0.5) is 0 Å². The summed E-state index contributed by atoms with van der Waals surface area (Å²) in [5.74, 6) is 0. The van der Waals surface area contributed by atoms with Crippen LogP contribution in [0.3, 0.4) is 0 Å². The van der Waals surface area contributed by atoms with Gasteiger partial charge in [-0.05, 0) is 6.42 Å². The molecule has 0 amide bonds. The maximum atomic E-state index is 10.3. The highest BCUT2D eigenvalue weighted by Gasteiger charge is 1.99. The summed E-state index contributed by atoms with van der Waals surface area (Å²) in [6.45, 7) is 1.24. The van der Waals surface area contributed by atoms with Gasteiger partial charge in [0.15, 0.2) is 0 Å². The Kier molecular flexibility index (Phi) is 5.93. The summed E-state index contributed by atoms with van der Waals surface area (Å²) < 4.78 is 8.97. The Morgan fingerprint density at radius 3 is 2.67 bits per heavy atom. The van der Waals surface area contributed by atoms with E-state index in [-0.39, 0.29) is 0 Å². The Bertz CT molecular complexity index is 56.3. The van der Waals surface area contributed by atoms with E-state index in [2.05, 4.69) is 9.47 Å². The summed E-state index contributed by atoms with van der Waals surface area (Å²) >= 11 is 0. The third-order valence-electron chi connectivity index (χ3n) is 0.944. The molecule has 0 heterocycles. The molecule has 1 atom stereocenters. The lowest BCUT2D eigenvalue weighted by Crippen LogP contribution is -2.12. The van der Waals surface area contributed by atoms with E-state index >= 15 is 0 Å². The second-order valence-corrected chi connectivity index (χ2v) is 1.75. The predicted molar refractivity (Wildman–Crippen MR) is 32.3 cm³/mol. The normalized spacial score (nSPS) is 13.7. The van der Waals surface area contributed by atoms with Crippen LogP contribution in [0.15, 0.2) is 0 Å². The molecule has 0 aliphatic rings. The Morgan fingerprint density at radius 1 is 1.56 bits per heavy atom. The van der Waals surface area contributed by atoms with Gasteiger partial charge in [0, 0.05) is 7.11 Å². The number of ether oxygens (including phenoxy) is 2. The predicted octanol–water partition coefficient (Wildman–Crippen LogP) is 1.16. The van der Waals surface area contributed by atoms with Crippen LogP contribution in [-0.4, -0.2) is 20.2 Å². The van der Waals surface area contributed by atoms with Crippen molar-refractivity contribution < 1.29 is 14.6 Å². The Balaban J connectivity index is 2.88. The molecule has 3 heteroatoms. The van der Waals surface area contributed by atoms with Crippen LogP contribution in [0, 0.1) is 0 Å². The Hall–Kier alpha value is -0.120. The van der Waals surface area contributed by atoms with E-state index in [4.69, 9.17) is 0 Å².